The van der Waals surface area contributed by atoms with E-state index in [-0.39, 0.29) is 5.91 Å². The van der Waals surface area contributed by atoms with Crippen LogP contribution >= 0.6 is 24.0 Å². The molecule has 0 radical (unpaired) electrons. The van der Waals surface area contributed by atoms with Crippen LogP contribution in [0.2, 0.25) is 0 Å². The molecule has 4 rings (SSSR count). The summed E-state index contributed by atoms with van der Waals surface area (Å²) in [7, 11) is 1.34. The number of carbonyl (C=O) groups is 2. The average molecular weight is 421 g/mol. The van der Waals surface area contributed by atoms with Crippen molar-refractivity contribution in [1.29, 1.82) is 0 Å². The summed E-state index contributed by atoms with van der Waals surface area (Å²) in [5.41, 5.74) is 2.02. The van der Waals surface area contributed by atoms with Gasteiger partial charge in [0.05, 0.1) is 23.3 Å². The Morgan fingerprint density at radius 2 is 1.79 bits per heavy atom. The van der Waals surface area contributed by atoms with Gasteiger partial charge in [0.15, 0.2) is 4.32 Å². The Morgan fingerprint density at radius 1 is 1.07 bits per heavy atom. The predicted molar refractivity (Wildman–Crippen MR) is 118 cm³/mol. The molecule has 144 valence electrons. The number of methoxy groups -OCH3 is 1. The largest absolute Gasteiger partial charge is 0.465 e. The zero-order valence-electron chi connectivity index (χ0n) is 15.3. The first-order valence-electron chi connectivity index (χ1n) is 8.68. The number of amides is 1. The molecule has 1 aromatic heterocycles. The molecular weight excluding hydrogens is 406 g/mol. The highest BCUT2D eigenvalue weighted by atomic mass is 32.2. The molecule has 2 aromatic carbocycles. The van der Waals surface area contributed by atoms with Gasteiger partial charge >= 0.3 is 5.97 Å². The highest BCUT2D eigenvalue weighted by Gasteiger charge is 2.33. The van der Waals surface area contributed by atoms with E-state index in [1.54, 1.807) is 36.4 Å². The van der Waals surface area contributed by atoms with Crippen molar-refractivity contribution in [2.45, 2.75) is 0 Å². The Balaban J connectivity index is 1.56. The number of para-hydroxylation sites is 1. The summed E-state index contributed by atoms with van der Waals surface area (Å²) in [6.45, 7) is 0. The maximum Gasteiger partial charge on any atom is 0.337 e. The van der Waals surface area contributed by atoms with Gasteiger partial charge in [0.1, 0.15) is 11.5 Å². The number of esters is 1. The van der Waals surface area contributed by atoms with E-state index in [0.717, 1.165) is 11.3 Å². The van der Waals surface area contributed by atoms with Crippen LogP contribution in [0, 0.1) is 0 Å². The number of thioether (sulfide) groups is 1. The first-order valence-corrected chi connectivity index (χ1v) is 9.91. The molecule has 1 amide bonds. The minimum absolute atomic E-state index is 0.174. The maximum atomic E-state index is 12.8. The second-order valence-corrected chi connectivity index (χ2v) is 7.80. The van der Waals surface area contributed by atoms with Crippen LogP contribution < -0.4 is 4.90 Å². The quantitative estimate of drug-likeness (QED) is 0.330. The molecule has 1 saturated heterocycles. The third-order valence-corrected chi connectivity index (χ3v) is 5.60. The third kappa shape index (κ3) is 3.87. The van der Waals surface area contributed by atoms with Gasteiger partial charge in [-0.1, -0.05) is 54.3 Å². The molecule has 29 heavy (non-hydrogen) atoms. The Bertz CT molecular complexity index is 1120. The molecule has 7 heteroatoms. The van der Waals surface area contributed by atoms with E-state index in [1.165, 1.54) is 23.8 Å². The van der Waals surface area contributed by atoms with E-state index in [4.69, 9.17) is 21.4 Å². The lowest BCUT2D eigenvalue weighted by Gasteiger charge is -2.13. The van der Waals surface area contributed by atoms with Gasteiger partial charge in [0.25, 0.3) is 5.91 Å². The van der Waals surface area contributed by atoms with E-state index in [0.29, 0.717) is 26.3 Å². The molecule has 0 aliphatic carbocycles. The van der Waals surface area contributed by atoms with Crippen LogP contribution in [-0.2, 0) is 9.53 Å². The zero-order chi connectivity index (χ0) is 20.4. The number of rotatable bonds is 4. The first kappa shape index (κ1) is 19.2. The smallest absolute Gasteiger partial charge is 0.337 e. The van der Waals surface area contributed by atoms with Crippen LogP contribution in [0.25, 0.3) is 17.4 Å². The van der Waals surface area contributed by atoms with E-state index >= 15 is 0 Å². The minimum atomic E-state index is -0.392. The number of benzene rings is 2. The molecule has 0 unspecified atom stereocenters. The highest BCUT2D eigenvalue weighted by Crippen LogP contribution is 2.36. The first-order chi connectivity index (χ1) is 14.1. The van der Waals surface area contributed by atoms with Gasteiger partial charge in [-0.25, -0.2) is 4.79 Å². The average Bonchev–Trinajstić information content (AvgIpc) is 3.32. The monoisotopic (exact) mass is 421 g/mol. The molecule has 1 aliphatic heterocycles. The highest BCUT2D eigenvalue weighted by molar-refractivity contribution is 8.27. The topological polar surface area (TPSA) is 59.8 Å². The SMILES string of the molecule is COC(=O)c1ccc(-c2ccc(/C=C3\SC(=S)N(c4ccccc4)C3=O)o2)cc1. The molecule has 0 bridgehead atoms. The normalized spacial score (nSPS) is 15.2. The Labute approximate surface area is 177 Å². The second-order valence-electron chi connectivity index (χ2n) is 6.12. The molecule has 0 saturated carbocycles. The number of ether oxygens (including phenoxy) is 1. The lowest BCUT2D eigenvalue weighted by molar-refractivity contribution is -0.113. The molecule has 3 aromatic rings. The zero-order valence-corrected chi connectivity index (χ0v) is 17.0. The Hall–Kier alpha value is -3.16. The maximum absolute atomic E-state index is 12.8. The fourth-order valence-corrected chi connectivity index (χ4v) is 4.15. The van der Waals surface area contributed by atoms with Crippen LogP contribution in [0.15, 0.2) is 76.1 Å². The van der Waals surface area contributed by atoms with E-state index < -0.39 is 5.97 Å². The van der Waals surface area contributed by atoms with Crippen LogP contribution in [0.1, 0.15) is 16.1 Å². The fraction of sp³-hybridized carbons (Fsp3) is 0.0455. The van der Waals surface area contributed by atoms with E-state index in [9.17, 15) is 9.59 Å². The van der Waals surface area contributed by atoms with Gasteiger partial charge in [0, 0.05) is 11.6 Å². The Kier molecular flexibility index (Phi) is 5.33. The van der Waals surface area contributed by atoms with Crippen molar-refractivity contribution in [3.05, 3.63) is 83.0 Å². The van der Waals surface area contributed by atoms with Crippen molar-refractivity contribution in [3.8, 4) is 11.3 Å². The molecule has 0 spiro atoms. The summed E-state index contributed by atoms with van der Waals surface area (Å²) >= 11 is 6.62. The van der Waals surface area contributed by atoms with Gasteiger partial charge in [-0.05, 0) is 36.4 Å². The van der Waals surface area contributed by atoms with E-state index in [1.807, 2.05) is 36.4 Å². The molecule has 0 N–H and O–H groups in total. The van der Waals surface area contributed by atoms with Crippen LogP contribution in [0.5, 0.6) is 0 Å². The second kappa shape index (κ2) is 8.06. The van der Waals surface area contributed by atoms with Gasteiger partial charge in [-0.3, -0.25) is 9.69 Å². The lowest BCUT2D eigenvalue weighted by atomic mass is 10.1. The summed E-state index contributed by atoms with van der Waals surface area (Å²) in [6.07, 6.45) is 1.69. The molecule has 0 atom stereocenters. The number of hydrogen-bond acceptors (Lipinski definition) is 6. The standard InChI is InChI=1S/C22H15NO4S2/c1-26-21(25)15-9-7-14(8-10-15)18-12-11-17(27-18)13-19-20(24)23(22(28)29-19)16-5-3-2-4-6-16/h2-13H,1H3/b19-13-. The number of furan rings is 1. The van der Waals surface area contributed by atoms with Crippen molar-refractivity contribution < 1.29 is 18.7 Å². The van der Waals surface area contributed by atoms with Gasteiger partial charge in [-0.15, -0.1) is 0 Å². The predicted octanol–water partition coefficient (Wildman–Crippen LogP) is 5.14. The molecule has 2 heterocycles. The number of hydrogen-bond donors (Lipinski definition) is 0. The molecular formula is C22H15NO4S2. The van der Waals surface area contributed by atoms with Gasteiger partial charge in [-0.2, -0.15) is 0 Å². The van der Waals surface area contributed by atoms with Crippen LogP contribution in [0.3, 0.4) is 0 Å². The summed E-state index contributed by atoms with van der Waals surface area (Å²) in [5, 5.41) is 0. The van der Waals surface area contributed by atoms with Crippen molar-refractivity contribution in [2.24, 2.45) is 0 Å². The summed E-state index contributed by atoms with van der Waals surface area (Å²) < 4.78 is 11.0. The summed E-state index contributed by atoms with van der Waals surface area (Å²) in [4.78, 5) is 26.3. The van der Waals surface area contributed by atoms with Gasteiger partial charge < -0.3 is 9.15 Å². The minimum Gasteiger partial charge on any atom is -0.465 e. The molecule has 5 nitrogen and oxygen atoms in total. The van der Waals surface area contributed by atoms with Crippen LogP contribution in [-0.4, -0.2) is 23.3 Å². The molecule has 1 aliphatic rings. The number of carbonyl (C=O) groups excluding carboxylic acids is 2. The number of thiocarbonyl (C=S) groups is 1. The van der Waals surface area contributed by atoms with Gasteiger partial charge in [0.2, 0.25) is 0 Å². The summed E-state index contributed by atoms with van der Waals surface area (Å²) in [6, 6.07) is 19.8. The van der Waals surface area contributed by atoms with Crippen molar-refractivity contribution in [3.63, 3.8) is 0 Å². The van der Waals surface area contributed by atoms with Crippen molar-refractivity contribution in [2.75, 3.05) is 12.0 Å². The Morgan fingerprint density at radius 3 is 2.48 bits per heavy atom. The summed E-state index contributed by atoms with van der Waals surface area (Å²) in [5.74, 6) is 0.612. The lowest BCUT2D eigenvalue weighted by Crippen LogP contribution is -2.27. The number of nitrogens with zero attached hydrogens (tertiary/aromatic N) is 1. The molecule has 1 fully saturated rings. The van der Waals surface area contributed by atoms with Crippen molar-refractivity contribution >= 4 is 51.9 Å². The number of anilines is 1. The van der Waals surface area contributed by atoms with Crippen LogP contribution in [0.4, 0.5) is 5.69 Å². The van der Waals surface area contributed by atoms with Crippen molar-refractivity contribution in [1.82, 2.24) is 0 Å². The fourth-order valence-electron chi connectivity index (χ4n) is 2.87. The van der Waals surface area contributed by atoms with E-state index in [2.05, 4.69) is 0 Å². The third-order valence-electron chi connectivity index (χ3n) is 4.30.